The molecule has 256 valence electrons. The van der Waals surface area contributed by atoms with Crippen LogP contribution in [0.4, 0.5) is 0 Å². The van der Waals surface area contributed by atoms with E-state index in [2.05, 4.69) is 89.5 Å². The molecule has 0 saturated heterocycles. The fourth-order valence-electron chi connectivity index (χ4n) is 8.36. The van der Waals surface area contributed by atoms with Gasteiger partial charge in [-0.05, 0) is 47.9 Å². The second-order valence-electron chi connectivity index (χ2n) is 14.0. The third-order valence-corrected chi connectivity index (χ3v) is 10.8. The van der Waals surface area contributed by atoms with E-state index in [-0.39, 0.29) is 0 Å². The Morgan fingerprint density at radius 1 is 0.382 bits per heavy atom. The lowest BCUT2D eigenvalue weighted by atomic mass is 10.0. The van der Waals surface area contributed by atoms with Gasteiger partial charge >= 0.3 is 0 Å². The molecule has 0 amide bonds. The molecular weight excluding hydrogens is 677 g/mol. The van der Waals surface area contributed by atoms with E-state index in [0.717, 1.165) is 88.1 Å². The van der Waals surface area contributed by atoms with Gasteiger partial charge in [0.2, 0.25) is 0 Å². The van der Waals surface area contributed by atoms with Crippen LogP contribution in [0.25, 0.3) is 116 Å². The number of hydrogen-bond acceptors (Lipinski definition) is 5. The lowest BCUT2D eigenvalue weighted by Crippen LogP contribution is -2.00. The summed E-state index contributed by atoms with van der Waals surface area (Å²) in [6, 6.07) is 58.4. The van der Waals surface area contributed by atoms with Crippen molar-refractivity contribution in [3.63, 3.8) is 0 Å². The molecule has 0 unspecified atom stereocenters. The van der Waals surface area contributed by atoms with Crippen LogP contribution in [0, 0.1) is 0 Å². The van der Waals surface area contributed by atoms with Gasteiger partial charge in [0.15, 0.2) is 17.5 Å². The van der Waals surface area contributed by atoms with Crippen molar-refractivity contribution in [2.45, 2.75) is 0 Å². The maximum absolute atomic E-state index is 6.86. The average molecular weight is 705 g/mol. The van der Waals surface area contributed by atoms with Crippen LogP contribution in [-0.2, 0) is 0 Å². The first-order chi connectivity index (χ1) is 27.3. The smallest absolute Gasteiger partial charge is 0.164 e. The highest BCUT2D eigenvalue weighted by Crippen LogP contribution is 2.45. The Labute approximate surface area is 313 Å². The Balaban J connectivity index is 1.17. The van der Waals surface area contributed by atoms with Gasteiger partial charge in [-0.15, -0.1) is 0 Å². The summed E-state index contributed by atoms with van der Waals surface area (Å²) in [6.45, 7) is 0. The molecule has 12 aromatic rings. The Morgan fingerprint density at radius 2 is 0.964 bits per heavy atom. The Hall–Kier alpha value is -7.57. The van der Waals surface area contributed by atoms with Crippen molar-refractivity contribution in [2.24, 2.45) is 0 Å². The first kappa shape index (κ1) is 29.9. The number of rotatable bonds is 4. The minimum atomic E-state index is 0.597. The van der Waals surface area contributed by atoms with Crippen LogP contribution in [0.2, 0.25) is 0 Å². The molecule has 0 N–H and O–H groups in total. The Morgan fingerprint density at radius 3 is 1.67 bits per heavy atom. The fraction of sp³-hybridized carbons (Fsp3) is 0. The Bertz CT molecular complexity index is 3430. The van der Waals surface area contributed by atoms with Gasteiger partial charge in [0.05, 0.1) is 27.5 Å². The highest BCUT2D eigenvalue weighted by molar-refractivity contribution is 6.26. The molecular formula is C49H28N4O2. The lowest BCUT2D eigenvalue weighted by molar-refractivity contribution is 0.669. The van der Waals surface area contributed by atoms with Crippen LogP contribution >= 0.6 is 0 Å². The van der Waals surface area contributed by atoms with Crippen molar-refractivity contribution in [1.29, 1.82) is 0 Å². The maximum atomic E-state index is 6.86. The molecule has 0 bridgehead atoms. The first-order valence-electron chi connectivity index (χ1n) is 18.4. The minimum absolute atomic E-state index is 0.597. The van der Waals surface area contributed by atoms with E-state index in [1.54, 1.807) is 0 Å². The summed E-state index contributed by atoms with van der Waals surface area (Å²) >= 11 is 0. The molecule has 55 heavy (non-hydrogen) atoms. The molecule has 4 aromatic heterocycles. The summed E-state index contributed by atoms with van der Waals surface area (Å²) in [5.41, 5.74) is 9.38. The highest BCUT2D eigenvalue weighted by atomic mass is 16.3. The van der Waals surface area contributed by atoms with Crippen LogP contribution in [0.5, 0.6) is 0 Å². The molecule has 6 nitrogen and oxygen atoms in total. The molecule has 0 atom stereocenters. The van der Waals surface area contributed by atoms with Crippen molar-refractivity contribution < 1.29 is 8.83 Å². The van der Waals surface area contributed by atoms with Crippen LogP contribution in [-0.4, -0.2) is 19.5 Å². The summed E-state index contributed by atoms with van der Waals surface area (Å²) in [4.78, 5) is 15.0. The van der Waals surface area contributed by atoms with Gasteiger partial charge in [0, 0.05) is 43.6 Å². The number of fused-ring (bicyclic) bond motifs is 12. The zero-order chi connectivity index (χ0) is 36.0. The predicted molar refractivity (Wildman–Crippen MR) is 223 cm³/mol. The number of hydrogen-bond donors (Lipinski definition) is 0. The van der Waals surface area contributed by atoms with Crippen molar-refractivity contribution in [3.8, 4) is 39.9 Å². The van der Waals surface area contributed by atoms with E-state index >= 15 is 0 Å². The number of aromatic nitrogens is 4. The largest absolute Gasteiger partial charge is 0.456 e. The van der Waals surface area contributed by atoms with E-state index in [1.807, 2.05) is 84.9 Å². The van der Waals surface area contributed by atoms with E-state index < -0.39 is 0 Å². The van der Waals surface area contributed by atoms with Crippen molar-refractivity contribution in [3.05, 3.63) is 170 Å². The second-order valence-corrected chi connectivity index (χ2v) is 14.0. The van der Waals surface area contributed by atoms with Crippen molar-refractivity contribution in [1.82, 2.24) is 19.5 Å². The van der Waals surface area contributed by atoms with Crippen molar-refractivity contribution in [2.75, 3.05) is 0 Å². The summed E-state index contributed by atoms with van der Waals surface area (Å²) in [7, 11) is 0. The minimum Gasteiger partial charge on any atom is -0.456 e. The number of benzene rings is 8. The molecule has 6 heteroatoms. The molecule has 0 fully saturated rings. The molecule has 0 spiro atoms. The fourth-order valence-corrected chi connectivity index (χ4v) is 8.36. The van der Waals surface area contributed by atoms with Gasteiger partial charge in [0.25, 0.3) is 0 Å². The van der Waals surface area contributed by atoms with Gasteiger partial charge in [-0.25, -0.2) is 15.0 Å². The summed E-state index contributed by atoms with van der Waals surface area (Å²) in [6.07, 6.45) is 0. The third kappa shape index (κ3) is 4.46. The van der Waals surface area contributed by atoms with Gasteiger partial charge in [-0.3, -0.25) is 0 Å². The molecule has 8 aromatic carbocycles. The highest BCUT2D eigenvalue weighted by Gasteiger charge is 2.24. The monoisotopic (exact) mass is 704 g/mol. The van der Waals surface area contributed by atoms with Gasteiger partial charge < -0.3 is 13.4 Å². The molecule has 4 heterocycles. The summed E-state index contributed by atoms with van der Waals surface area (Å²) in [5, 5.41) is 8.65. The Kier molecular flexibility index (Phi) is 6.24. The van der Waals surface area contributed by atoms with Gasteiger partial charge in [0.1, 0.15) is 22.3 Å². The molecule has 0 saturated carbocycles. The van der Waals surface area contributed by atoms with Gasteiger partial charge in [-0.1, -0.05) is 127 Å². The number of para-hydroxylation sites is 3. The van der Waals surface area contributed by atoms with Gasteiger partial charge in [-0.2, -0.15) is 0 Å². The van der Waals surface area contributed by atoms with Crippen LogP contribution in [0.1, 0.15) is 0 Å². The van der Waals surface area contributed by atoms with E-state index in [0.29, 0.717) is 17.5 Å². The average Bonchev–Trinajstić information content (AvgIpc) is 3.94. The van der Waals surface area contributed by atoms with Crippen LogP contribution < -0.4 is 0 Å². The molecule has 12 rings (SSSR count). The van der Waals surface area contributed by atoms with E-state index in [9.17, 15) is 0 Å². The lowest BCUT2D eigenvalue weighted by Gasteiger charge is -2.13. The molecule has 0 aliphatic heterocycles. The zero-order valence-electron chi connectivity index (χ0n) is 29.3. The van der Waals surface area contributed by atoms with E-state index in [4.69, 9.17) is 23.8 Å². The standard InChI is InChI=1S/C49H28N4O2/c1-3-13-29(14-4-1)47-50-48(30-15-5-2-6-16-30)52-49(51-47)32-24-23-31-28-39(43-35-18-8-12-22-41(35)55-46(43)37(31)27-32)53-38-20-10-7-17-33(38)34-25-26-42-44(45(34)53)36-19-9-11-21-40(36)54-42/h1-28H. The normalized spacial score (nSPS) is 12.0. The quantitative estimate of drug-likeness (QED) is 0.182. The molecule has 0 aliphatic rings. The molecule has 0 radical (unpaired) electrons. The first-order valence-corrected chi connectivity index (χ1v) is 18.4. The topological polar surface area (TPSA) is 69.9 Å². The van der Waals surface area contributed by atoms with Crippen molar-refractivity contribution >= 4 is 76.5 Å². The van der Waals surface area contributed by atoms with E-state index in [1.165, 1.54) is 10.8 Å². The maximum Gasteiger partial charge on any atom is 0.164 e. The predicted octanol–water partition coefficient (Wildman–Crippen LogP) is 12.9. The number of nitrogens with zero attached hydrogens (tertiary/aromatic N) is 4. The number of furan rings is 2. The molecule has 0 aliphatic carbocycles. The van der Waals surface area contributed by atoms with Crippen LogP contribution in [0.3, 0.4) is 0 Å². The summed E-state index contributed by atoms with van der Waals surface area (Å²) < 4.78 is 15.7. The van der Waals surface area contributed by atoms with Crippen LogP contribution in [0.15, 0.2) is 179 Å². The summed E-state index contributed by atoms with van der Waals surface area (Å²) in [5.74, 6) is 1.84. The third-order valence-electron chi connectivity index (χ3n) is 10.8. The second kappa shape index (κ2) is 11.5. The zero-order valence-corrected chi connectivity index (χ0v) is 29.3. The SMILES string of the molecule is c1ccc(-c2nc(-c3ccccc3)nc(-c3ccc4cc(-n5c6ccccc6c6ccc7oc8ccccc8c7c65)c5c6ccccc6oc5c4c3)n2)cc1.